The van der Waals surface area contributed by atoms with Gasteiger partial charge in [0.05, 0.1) is 6.10 Å². The lowest BCUT2D eigenvalue weighted by Crippen LogP contribution is -2.11. The first-order valence-electron chi connectivity index (χ1n) is 4.50. The van der Waals surface area contributed by atoms with Crippen LogP contribution in [0.25, 0.3) is 0 Å². The zero-order chi connectivity index (χ0) is 11.3. The van der Waals surface area contributed by atoms with Crippen molar-refractivity contribution in [3.8, 4) is 0 Å². The van der Waals surface area contributed by atoms with Gasteiger partial charge in [-0.3, -0.25) is 4.79 Å². The highest BCUT2D eigenvalue weighted by molar-refractivity contribution is 6.08. The third kappa shape index (κ3) is 3.52. The molecule has 0 bridgehead atoms. The second-order valence-electron chi connectivity index (χ2n) is 3.06. The Morgan fingerprint density at radius 2 is 2.27 bits per heavy atom. The highest BCUT2D eigenvalue weighted by Crippen LogP contribution is 2.13. The monoisotopic (exact) mass is 208 g/mol. The molecule has 0 aromatic carbocycles. The minimum absolute atomic E-state index is 0.00463. The van der Waals surface area contributed by atoms with Crippen LogP contribution in [0.2, 0.25) is 0 Å². The standard InChI is InChI=1S/C11H12O4/c1-15-9-4-2-8(3-5-9)10(12)6-7-11(13)14/h2-4,6-7,9H,5H2,1H3,(H,13,14)/b7-6+. The Morgan fingerprint density at radius 3 is 2.73 bits per heavy atom. The number of hydrogen-bond acceptors (Lipinski definition) is 3. The van der Waals surface area contributed by atoms with Crippen molar-refractivity contribution in [2.45, 2.75) is 12.5 Å². The number of hydrogen-bond donors (Lipinski definition) is 1. The van der Waals surface area contributed by atoms with Gasteiger partial charge < -0.3 is 9.84 Å². The Balaban J connectivity index is 2.60. The number of carbonyl (C=O) groups is 2. The van der Waals surface area contributed by atoms with Gasteiger partial charge in [-0.05, 0) is 12.5 Å². The van der Waals surface area contributed by atoms with E-state index in [1.54, 1.807) is 25.3 Å². The number of methoxy groups -OCH3 is 1. The zero-order valence-corrected chi connectivity index (χ0v) is 8.34. The molecule has 0 saturated heterocycles. The summed E-state index contributed by atoms with van der Waals surface area (Å²) in [5, 5.41) is 8.34. The van der Waals surface area contributed by atoms with Gasteiger partial charge >= 0.3 is 5.97 Å². The minimum atomic E-state index is -1.13. The fourth-order valence-corrected chi connectivity index (χ4v) is 1.20. The lowest BCUT2D eigenvalue weighted by Gasteiger charge is -2.12. The van der Waals surface area contributed by atoms with Crippen LogP contribution in [0.1, 0.15) is 6.42 Å². The van der Waals surface area contributed by atoms with Gasteiger partial charge in [-0.25, -0.2) is 4.79 Å². The summed E-state index contributed by atoms with van der Waals surface area (Å²) in [6, 6.07) is 0. The van der Waals surface area contributed by atoms with Gasteiger partial charge in [0.1, 0.15) is 0 Å². The first kappa shape index (κ1) is 11.4. The molecule has 0 amide bonds. The van der Waals surface area contributed by atoms with Crippen LogP contribution in [-0.2, 0) is 14.3 Å². The molecule has 1 atom stereocenters. The molecule has 1 unspecified atom stereocenters. The van der Waals surface area contributed by atoms with Gasteiger partial charge in [0.2, 0.25) is 0 Å². The molecule has 0 aromatic rings. The summed E-state index contributed by atoms with van der Waals surface area (Å²) in [5.41, 5.74) is 0.501. The number of rotatable bonds is 4. The summed E-state index contributed by atoms with van der Waals surface area (Å²) in [7, 11) is 1.60. The summed E-state index contributed by atoms with van der Waals surface area (Å²) in [6.45, 7) is 0. The van der Waals surface area contributed by atoms with Crippen molar-refractivity contribution < 1.29 is 19.4 Å². The molecule has 0 fully saturated rings. The van der Waals surface area contributed by atoms with Gasteiger partial charge in [-0.1, -0.05) is 18.2 Å². The highest BCUT2D eigenvalue weighted by atomic mass is 16.5. The Hall–Kier alpha value is -1.68. The van der Waals surface area contributed by atoms with Crippen molar-refractivity contribution in [3.63, 3.8) is 0 Å². The van der Waals surface area contributed by atoms with Crippen LogP contribution in [-0.4, -0.2) is 30.1 Å². The maximum Gasteiger partial charge on any atom is 0.328 e. The van der Waals surface area contributed by atoms with Crippen molar-refractivity contribution in [1.29, 1.82) is 0 Å². The Labute approximate surface area is 87.5 Å². The minimum Gasteiger partial charge on any atom is -0.478 e. The van der Waals surface area contributed by atoms with E-state index in [4.69, 9.17) is 9.84 Å². The SMILES string of the molecule is COC1C=CC(C(=O)/C=C/C(=O)O)=CC1. The van der Waals surface area contributed by atoms with E-state index in [2.05, 4.69) is 0 Å². The third-order valence-electron chi connectivity index (χ3n) is 2.03. The average Bonchev–Trinajstić information content (AvgIpc) is 2.26. The molecule has 0 spiro atoms. The predicted molar refractivity (Wildman–Crippen MR) is 54.4 cm³/mol. The van der Waals surface area contributed by atoms with Crippen LogP contribution < -0.4 is 0 Å². The molecule has 0 heterocycles. The number of aliphatic carboxylic acids is 1. The van der Waals surface area contributed by atoms with Crippen LogP contribution in [0, 0.1) is 0 Å². The lowest BCUT2D eigenvalue weighted by atomic mass is 10.0. The molecule has 1 N–H and O–H groups in total. The van der Waals surface area contributed by atoms with Crippen molar-refractivity contribution >= 4 is 11.8 Å². The largest absolute Gasteiger partial charge is 0.478 e. The molecule has 80 valence electrons. The van der Waals surface area contributed by atoms with Crippen molar-refractivity contribution in [3.05, 3.63) is 36.0 Å². The molecule has 0 radical (unpaired) electrons. The van der Waals surface area contributed by atoms with Crippen LogP contribution in [0.15, 0.2) is 36.0 Å². The van der Waals surface area contributed by atoms with Gasteiger partial charge in [-0.15, -0.1) is 0 Å². The summed E-state index contributed by atoms with van der Waals surface area (Å²) >= 11 is 0. The van der Waals surface area contributed by atoms with E-state index in [1.807, 2.05) is 0 Å². The topological polar surface area (TPSA) is 63.6 Å². The van der Waals surface area contributed by atoms with E-state index in [-0.39, 0.29) is 11.9 Å². The number of carboxylic acid groups (broad SMARTS) is 1. The Morgan fingerprint density at radius 1 is 1.53 bits per heavy atom. The number of ether oxygens (including phenoxy) is 1. The van der Waals surface area contributed by atoms with Crippen LogP contribution in [0.3, 0.4) is 0 Å². The highest BCUT2D eigenvalue weighted by Gasteiger charge is 2.10. The van der Waals surface area contributed by atoms with Crippen LogP contribution >= 0.6 is 0 Å². The summed E-state index contributed by atoms with van der Waals surface area (Å²) in [5.74, 6) is -1.43. The fraction of sp³-hybridized carbons (Fsp3) is 0.273. The predicted octanol–water partition coefficient (Wildman–Crippen LogP) is 1.10. The van der Waals surface area contributed by atoms with Gasteiger partial charge in [0.15, 0.2) is 5.78 Å². The summed E-state index contributed by atoms with van der Waals surface area (Å²) in [6.07, 6.45) is 7.68. The maximum atomic E-state index is 11.4. The van der Waals surface area contributed by atoms with Crippen LogP contribution in [0.5, 0.6) is 0 Å². The van der Waals surface area contributed by atoms with Crippen molar-refractivity contribution in [2.24, 2.45) is 0 Å². The average molecular weight is 208 g/mol. The normalized spacial score (nSPS) is 20.3. The van der Waals surface area contributed by atoms with E-state index in [1.165, 1.54) is 0 Å². The number of carbonyl (C=O) groups excluding carboxylic acids is 1. The van der Waals surface area contributed by atoms with Gasteiger partial charge in [0, 0.05) is 18.8 Å². The van der Waals surface area contributed by atoms with Crippen molar-refractivity contribution in [1.82, 2.24) is 0 Å². The van der Waals surface area contributed by atoms with E-state index >= 15 is 0 Å². The first-order valence-corrected chi connectivity index (χ1v) is 4.50. The summed E-state index contributed by atoms with van der Waals surface area (Å²) < 4.78 is 5.06. The Kier molecular flexibility index (Phi) is 4.00. The molecule has 0 saturated carbocycles. The molecular weight excluding hydrogens is 196 g/mol. The molecule has 15 heavy (non-hydrogen) atoms. The summed E-state index contributed by atoms with van der Waals surface area (Å²) in [4.78, 5) is 21.6. The molecule has 4 nitrogen and oxygen atoms in total. The second-order valence-corrected chi connectivity index (χ2v) is 3.06. The van der Waals surface area contributed by atoms with Gasteiger partial charge in [0.25, 0.3) is 0 Å². The molecular formula is C11H12O4. The maximum absolute atomic E-state index is 11.4. The number of carboxylic acids is 1. The fourth-order valence-electron chi connectivity index (χ4n) is 1.20. The number of allylic oxidation sites excluding steroid dienone is 3. The lowest BCUT2D eigenvalue weighted by molar-refractivity contribution is -0.131. The third-order valence-corrected chi connectivity index (χ3v) is 2.03. The molecule has 0 aromatic heterocycles. The van der Waals surface area contributed by atoms with E-state index in [0.717, 1.165) is 12.2 Å². The molecule has 1 aliphatic carbocycles. The smallest absolute Gasteiger partial charge is 0.328 e. The van der Waals surface area contributed by atoms with E-state index in [9.17, 15) is 9.59 Å². The van der Waals surface area contributed by atoms with Crippen molar-refractivity contribution in [2.75, 3.05) is 7.11 Å². The molecule has 0 aliphatic heterocycles. The zero-order valence-electron chi connectivity index (χ0n) is 8.34. The molecule has 1 aliphatic rings. The van der Waals surface area contributed by atoms with E-state index in [0.29, 0.717) is 12.0 Å². The quantitative estimate of drug-likeness (QED) is 0.702. The second kappa shape index (κ2) is 5.26. The Bertz CT molecular complexity index is 350. The number of ketones is 1. The first-order chi connectivity index (χ1) is 7.13. The van der Waals surface area contributed by atoms with Crippen LogP contribution in [0.4, 0.5) is 0 Å². The van der Waals surface area contributed by atoms with Gasteiger partial charge in [-0.2, -0.15) is 0 Å². The molecule has 1 rings (SSSR count). The molecule has 4 heteroatoms. The van der Waals surface area contributed by atoms with E-state index < -0.39 is 5.97 Å².